The lowest BCUT2D eigenvalue weighted by atomic mass is 9.92. The number of carbonyl (C=O) groups excluding carboxylic acids is 1. The van der Waals surface area contributed by atoms with Crippen LogP contribution in [-0.2, 0) is 14.3 Å². The first-order chi connectivity index (χ1) is 7.69. The van der Waals surface area contributed by atoms with Gasteiger partial charge in [0.05, 0.1) is 0 Å². The van der Waals surface area contributed by atoms with Crippen molar-refractivity contribution in [1.29, 1.82) is 0 Å². The van der Waals surface area contributed by atoms with Gasteiger partial charge in [-0.15, -0.1) is 0 Å². The van der Waals surface area contributed by atoms with Gasteiger partial charge < -0.3 is 9.84 Å². The molecule has 0 rings (SSSR count). The Balaban J connectivity index is 5.02. The molecule has 1 unspecified atom stereocenters. The van der Waals surface area contributed by atoms with Crippen LogP contribution in [0.1, 0.15) is 47.0 Å². The summed E-state index contributed by atoms with van der Waals surface area (Å²) >= 11 is 0. The number of aliphatic carboxylic acids is 1. The number of unbranched alkanes of at least 4 members (excludes halogenated alkanes) is 1. The number of carbonyl (C=O) groups is 2. The van der Waals surface area contributed by atoms with Crippen molar-refractivity contribution in [3.63, 3.8) is 0 Å². The van der Waals surface area contributed by atoms with Crippen LogP contribution in [0.4, 0.5) is 0 Å². The summed E-state index contributed by atoms with van der Waals surface area (Å²) in [6, 6.07) is 0. The van der Waals surface area contributed by atoms with Crippen LogP contribution in [0.2, 0.25) is 0 Å². The maximum Gasteiger partial charge on any atom is 0.338 e. The van der Waals surface area contributed by atoms with Crippen molar-refractivity contribution in [1.82, 2.24) is 5.32 Å². The predicted molar refractivity (Wildman–Crippen MR) is 64.8 cm³/mol. The van der Waals surface area contributed by atoms with E-state index < -0.39 is 23.1 Å². The van der Waals surface area contributed by atoms with Crippen LogP contribution >= 0.6 is 0 Å². The van der Waals surface area contributed by atoms with Crippen molar-refractivity contribution in [2.45, 2.75) is 58.1 Å². The maximum atomic E-state index is 12.0. The highest BCUT2D eigenvalue weighted by atomic mass is 16.6. The number of nitrogens with one attached hydrogen (secondary N) is 1. The Labute approximate surface area is 103 Å². The Morgan fingerprint density at radius 3 is 2.12 bits per heavy atom. The molecule has 0 saturated carbocycles. The lowest BCUT2D eigenvalue weighted by Gasteiger charge is -2.30. The summed E-state index contributed by atoms with van der Waals surface area (Å²) in [6.07, 6.45) is 1.69. The van der Waals surface area contributed by atoms with Gasteiger partial charge in [0.15, 0.2) is 0 Å². The first kappa shape index (κ1) is 15.9. The van der Waals surface area contributed by atoms with E-state index in [4.69, 9.17) is 4.74 Å². The average Bonchev–Trinajstić information content (AvgIpc) is 2.16. The number of hydrogen-bond acceptors (Lipinski definition) is 4. The number of ether oxygens (including phenoxy) is 1. The third kappa shape index (κ3) is 4.34. The molecule has 0 aromatic heterocycles. The van der Waals surface area contributed by atoms with Gasteiger partial charge >= 0.3 is 11.9 Å². The van der Waals surface area contributed by atoms with Crippen molar-refractivity contribution in [2.24, 2.45) is 0 Å². The summed E-state index contributed by atoms with van der Waals surface area (Å²) in [4.78, 5) is 23.3. The molecule has 17 heavy (non-hydrogen) atoms. The van der Waals surface area contributed by atoms with Crippen LogP contribution in [0.5, 0.6) is 0 Å². The summed E-state index contributed by atoms with van der Waals surface area (Å²) in [5.41, 5.74) is -2.33. The molecule has 2 N–H and O–H groups in total. The van der Waals surface area contributed by atoms with Gasteiger partial charge in [0.1, 0.15) is 5.60 Å². The topological polar surface area (TPSA) is 75.6 Å². The summed E-state index contributed by atoms with van der Waals surface area (Å²) in [7, 11) is 1.47. The van der Waals surface area contributed by atoms with E-state index in [-0.39, 0.29) is 6.42 Å². The standard InChI is InChI=1S/C12H23NO4/c1-6-7-8-12(13-5,9(14)15)10(16)17-11(2,3)4/h13H,6-8H2,1-5H3,(H,14,15). The van der Waals surface area contributed by atoms with Crippen molar-refractivity contribution < 1.29 is 19.4 Å². The third-order valence-corrected chi connectivity index (χ3v) is 2.44. The molecule has 5 heteroatoms. The second-order valence-corrected chi connectivity index (χ2v) is 5.07. The molecule has 100 valence electrons. The second kappa shape index (κ2) is 6.00. The van der Waals surface area contributed by atoms with Gasteiger partial charge in [-0.05, 0) is 34.2 Å². The van der Waals surface area contributed by atoms with Crippen LogP contribution in [0, 0.1) is 0 Å². The fourth-order valence-electron chi connectivity index (χ4n) is 1.44. The Morgan fingerprint density at radius 2 is 1.82 bits per heavy atom. The number of rotatable bonds is 6. The van der Waals surface area contributed by atoms with E-state index in [1.165, 1.54) is 7.05 Å². The lowest BCUT2D eigenvalue weighted by Crippen LogP contribution is -2.58. The highest BCUT2D eigenvalue weighted by Crippen LogP contribution is 2.20. The zero-order valence-corrected chi connectivity index (χ0v) is 11.3. The molecule has 0 saturated heterocycles. The Morgan fingerprint density at radius 1 is 1.29 bits per heavy atom. The summed E-state index contributed by atoms with van der Waals surface area (Å²) in [6.45, 7) is 7.09. The molecule has 0 radical (unpaired) electrons. The minimum Gasteiger partial charge on any atom is -0.479 e. The van der Waals surface area contributed by atoms with E-state index in [9.17, 15) is 14.7 Å². The van der Waals surface area contributed by atoms with E-state index >= 15 is 0 Å². The van der Waals surface area contributed by atoms with Gasteiger partial charge in [0, 0.05) is 0 Å². The van der Waals surface area contributed by atoms with Gasteiger partial charge in [-0.3, -0.25) is 5.32 Å². The molecule has 5 nitrogen and oxygen atoms in total. The second-order valence-electron chi connectivity index (χ2n) is 5.07. The maximum absolute atomic E-state index is 12.0. The molecule has 0 amide bonds. The molecule has 0 aliphatic heterocycles. The van der Waals surface area contributed by atoms with Crippen molar-refractivity contribution in [3.05, 3.63) is 0 Å². The van der Waals surface area contributed by atoms with Crippen LogP contribution in [0.25, 0.3) is 0 Å². The molecule has 0 aromatic carbocycles. The zero-order chi connectivity index (χ0) is 13.7. The van der Waals surface area contributed by atoms with Crippen LogP contribution in [0.15, 0.2) is 0 Å². The molecular weight excluding hydrogens is 222 g/mol. The summed E-state index contributed by atoms with van der Waals surface area (Å²) in [5.74, 6) is -1.92. The van der Waals surface area contributed by atoms with Gasteiger partial charge in [0.25, 0.3) is 0 Å². The number of likely N-dealkylation sites (N-methyl/N-ethyl adjacent to an activating group) is 1. The fraction of sp³-hybridized carbons (Fsp3) is 0.833. The average molecular weight is 245 g/mol. The van der Waals surface area contributed by atoms with Crippen molar-refractivity contribution in [3.8, 4) is 0 Å². The first-order valence-corrected chi connectivity index (χ1v) is 5.85. The first-order valence-electron chi connectivity index (χ1n) is 5.85. The number of hydrogen-bond donors (Lipinski definition) is 2. The summed E-state index contributed by atoms with van der Waals surface area (Å²) in [5, 5.41) is 11.9. The molecule has 0 bridgehead atoms. The highest BCUT2D eigenvalue weighted by molar-refractivity contribution is 6.04. The summed E-state index contributed by atoms with van der Waals surface area (Å²) < 4.78 is 5.17. The van der Waals surface area contributed by atoms with Gasteiger partial charge in [0.2, 0.25) is 5.54 Å². The molecule has 0 fully saturated rings. The monoisotopic (exact) mass is 245 g/mol. The zero-order valence-electron chi connectivity index (χ0n) is 11.3. The third-order valence-electron chi connectivity index (χ3n) is 2.44. The van der Waals surface area contributed by atoms with Gasteiger partial charge in [-0.2, -0.15) is 0 Å². The molecule has 0 aliphatic carbocycles. The molecule has 0 aliphatic rings. The molecule has 1 atom stereocenters. The Kier molecular flexibility index (Phi) is 5.61. The largest absolute Gasteiger partial charge is 0.479 e. The van der Waals surface area contributed by atoms with E-state index in [0.717, 1.165) is 6.42 Å². The van der Waals surface area contributed by atoms with E-state index in [1.807, 2.05) is 6.92 Å². The molecule has 0 heterocycles. The smallest absolute Gasteiger partial charge is 0.338 e. The lowest BCUT2D eigenvalue weighted by molar-refractivity contribution is -0.171. The number of esters is 1. The van der Waals surface area contributed by atoms with E-state index in [2.05, 4.69) is 5.32 Å². The number of carboxylic acid groups (broad SMARTS) is 1. The van der Waals surface area contributed by atoms with Crippen LogP contribution in [-0.4, -0.2) is 35.2 Å². The SMILES string of the molecule is CCCCC(NC)(C(=O)O)C(=O)OC(C)(C)C. The normalized spacial score (nSPS) is 15.1. The van der Waals surface area contributed by atoms with Crippen LogP contribution in [0.3, 0.4) is 0 Å². The van der Waals surface area contributed by atoms with E-state index in [0.29, 0.717) is 6.42 Å². The van der Waals surface area contributed by atoms with E-state index in [1.54, 1.807) is 20.8 Å². The van der Waals surface area contributed by atoms with Crippen molar-refractivity contribution in [2.75, 3.05) is 7.05 Å². The predicted octanol–water partition coefficient (Wildman–Crippen LogP) is 1.56. The Bertz CT molecular complexity index is 283. The fourth-order valence-corrected chi connectivity index (χ4v) is 1.44. The minimum absolute atomic E-state index is 0.226. The van der Waals surface area contributed by atoms with Crippen LogP contribution < -0.4 is 5.32 Å². The Hall–Kier alpha value is -1.10. The highest BCUT2D eigenvalue weighted by Gasteiger charge is 2.47. The quantitative estimate of drug-likeness (QED) is 0.548. The molecule has 0 spiro atoms. The molecule has 0 aromatic rings. The van der Waals surface area contributed by atoms with Crippen molar-refractivity contribution >= 4 is 11.9 Å². The van der Waals surface area contributed by atoms with Gasteiger partial charge in [-0.1, -0.05) is 19.8 Å². The number of carboxylic acids is 1. The van der Waals surface area contributed by atoms with Gasteiger partial charge in [-0.25, -0.2) is 9.59 Å². The molecular formula is C12H23NO4. The minimum atomic E-state index is -1.64.